The first-order chi connectivity index (χ1) is 8.90. The van der Waals surface area contributed by atoms with Crippen LogP contribution in [-0.2, 0) is 4.79 Å². The van der Waals surface area contributed by atoms with Gasteiger partial charge in [-0.05, 0) is 31.0 Å². The molecule has 1 aromatic rings. The Morgan fingerprint density at radius 1 is 1.42 bits per heavy atom. The lowest BCUT2D eigenvalue weighted by Gasteiger charge is -2.35. The summed E-state index contributed by atoms with van der Waals surface area (Å²) >= 11 is 0. The molecule has 0 heterocycles. The van der Waals surface area contributed by atoms with E-state index in [1.807, 2.05) is 31.9 Å². The maximum absolute atomic E-state index is 13.2. The standard InChI is InChI=1S/C16H22FNO/c1-16(2)9-5-6-12(15(16)19)11-18(3)14-8-4-7-13(17)10-14/h4,7-8,10,12H,5-6,9,11H2,1-3H3. The molecule has 1 aliphatic carbocycles. The van der Waals surface area contributed by atoms with Crippen LogP contribution < -0.4 is 4.90 Å². The SMILES string of the molecule is CN(CC1CCCC(C)(C)C1=O)c1cccc(F)c1. The van der Waals surface area contributed by atoms with Gasteiger partial charge in [0.1, 0.15) is 11.6 Å². The summed E-state index contributed by atoms with van der Waals surface area (Å²) in [4.78, 5) is 14.4. The van der Waals surface area contributed by atoms with Crippen LogP contribution in [0.1, 0.15) is 33.1 Å². The molecule has 2 nitrogen and oxygen atoms in total. The van der Waals surface area contributed by atoms with Gasteiger partial charge in [-0.1, -0.05) is 26.3 Å². The quantitative estimate of drug-likeness (QED) is 0.829. The predicted molar refractivity (Wildman–Crippen MR) is 75.8 cm³/mol. The number of anilines is 1. The van der Waals surface area contributed by atoms with Gasteiger partial charge < -0.3 is 4.90 Å². The number of halogens is 1. The largest absolute Gasteiger partial charge is 0.374 e. The Morgan fingerprint density at radius 3 is 2.84 bits per heavy atom. The third-order valence-corrected chi connectivity index (χ3v) is 4.14. The number of nitrogens with zero attached hydrogens (tertiary/aromatic N) is 1. The zero-order valence-electron chi connectivity index (χ0n) is 11.9. The number of carbonyl (C=O) groups is 1. The first-order valence-electron chi connectivity index (χ1n) is 6.91. The van der Waals surface area contributed by atoms with Gasteiger partial charge in [0, 0.05) is 30.6 Å². The van der Waals surface area contributed by atoms with Crippen molar-refractivity contribution in [3.05, 3.63) is 30.1 Å². The fourth-order valence-electron chi connectivity index (χ4n) is 2.92. The number of hydrogen-bond acceptors (Lipinski definition) is 2. The van der Waals surface area contributed by atoms with Crippen LogP contribution in [-0.4, -0.2) is 19.4 Å². The van der Waals surface area contributed by atoms with Gasteiger partial charge in [0.15, 0.2) is 0 Å². The Morgan fingerprint density at radius 2 is 2.16 bits per heavy atom. The lowest BCUT2D eigenvalue weighted by Crippen LogP contribution is -2.40. The highest BCUT2D eigenvalue weighted by atomic mass is 19.1. The predicted octanol–water partition coefficient (Wildman–Crippen LogP) is 3.66. The summed E-state index contributed by atoms with van der Waals surface area (Å²) in [5.74, 6) is 0.179. The van der Waals surface area contributed by atoms with Crippen molar-refractivity contribution >= 4 is 11.5 Å². The van der Waals surface area contributed by atoms with Gasteiger partial charge in [0.2, 0.25) is 0 Å². The fourth-order valence-corrected chi connectivity index (χ4v) is 2.92. The van der Waals surface area contributed by atoms with E-state index in [9.17, 15) is 9.18 Å². The lowest BCUT2D eigenvalue weighted by molar-refractivity contribution is -0.133. The average molecular weight is 263 g/mol. The molecule has 1 fully saturated rings. The van der Waals surface area contributed by atoms with E-state index in [1.165, 1.54) is 12.1 Å². The lowest BCUT2D eigenvalue weighted by atomic mass is 9.71. The van der Waals surface area contributed by atoms with Crippen LogP contribution in [0.3, 0.4) is 0 Å². The Balaban J connectivity index is 2.06. The van der Waals surface area contributed by atoms with Crippen LogP contribution in [0.15, 0.2) is 24.3 Å². The van der Waals surface area contributed by atoms with E-state index in [2.05, 4.69) is 0 Å². The molecule has 104 valence electrons. The summed E-state index contributed by atoms with van der Waals surface area (Å²) in [7, 11) is 1.92. The van der Waals surface area contributed by atoms with Crippen molar-refractivity contribution < 1.29 is 9.18 Å². The van der Waals surface area contributed by atoms with E-state index >= 15 is 0 Å². The van der Waals surface area contributed by atoms with E-state index < -0.39 is 0 Å². The van der Waals surface area contributed by atoms with Crippen LogP contribution in [0.2, 0.25) is 0 Å². The van der Waals surface area contributed by atoms with Gasteiger partial charge >= 0.3 is 0 Å². The molecule has 1 aliphatic rings. The van der Waals surface area contributed by atoms with E-state index in [0.29, 0.717) is 12.3 Å². The number of benzene rings is 1. The maximum atomic E-state index is 13.2. The molecule has 1 saturated carbocycles. The van der Waals surface area contributed by atoms with Crippen LogP contribution in [0.4, 0.5) is 10.1 Å². The molecule has 0 N–H and O–H groups in total. The topological polar surface area (TPSA) is 20.3 Å². The number of rotatable bonds is 3. The smallest absolute Gasteiger partial charge is 0.143 e. The van der Waals surface area contributed by atoms with Crippen LogP contribution in [0.25, 0.3) is 0 Å². The summed E-state index contributed by atoms with van der Waals surface area (Å²) in [5.41, 5.74) is 0.627. The van der Waals surface area contributed by atoms with E-state index in [-0.39, 0.29) is 17.2 Å². The molecular weight excluding hydrogens is 241 g/mol. The molecule has 0 aromatic heterocycles. The molecule has 0 amide bonds. The number of ketones is 1. The van der Waals surface area contributed by atoms with Crippen molar-refractivity contribution in [1.29, 1.82) is 0 Å². The average Bonchev–Trinajstić information content (AvgIpc) is 2.35. The van der Waals surface area contributed by atoms with Gasteiger partial charge in [-0.15, -0.1) is 0 Å². The van der Waals surface area contributed by atoms with Crippen molar-refractivity contribution in [3.8, 4) is 0 Å². The van der Waals surface area contributed by atoms with Gasteiger partial charge in [-0.2, -0.15) is 0 Å². The van der Waals surface area contributed by atoms with Gasteiger partial charge in [0.25, 0.3) is 0 Å². The van der Waals surface area contributed by atoms with Crippen molar-refractivity contribution in [2.45, 2.75) is 33.1 Å². The number of carbonyl (C=O) groups excluding carboxylic acids is 1. The number of Topliss-reactive ketones (excluding diaryl/α,β-unsaturated/α-hetero) is 1. The summed E-state index contributed by atoms with van der Waals surface area (Å²) in [6.45, 7) is 4.74. The third kappa shape index (κ3) is 3.14. The van der Waals surface area contributed by atoms with E-state index in [1.54, 1.807) is 6.07 Å². The molecule has 3 heteroatoms. The summed E-state index contributed by atoms with van der Waals surface area (Å²) in [5, 5.41) is 0. The third-order valence-electron chi connectivity index (χ3n) is 4.14. The first kappa shape index (κ1) is 14.0. The molecule has 0 saturated heterocycles. The highest BCUT2D eigenvalue weighted by molar-refractivity contribution is 5.87. The van der Waals surface area contributed by atoms with Crippen LogP contribution in [0.5, 0.6) is 0 Å². The highest BCUT2D eigenvalue weighted by Gasteiger charge is 2.37. The molecular formula is C16H22FNO. The molecule has 0 aliphatic heterocycles. The Hall–Kier alpha value is -1.38. The summed E-state index contributed by atoms with van der Waals surface area (Å²) in [6, 6.07) is 6.53. The Bertz CT molecular complexity index is 470. The van der Waals surface area contributed by atoms with Crippen molar-refractivity contribution in [2.75, 3.05) is 18.5 Å². The minimum Gasteiger partial charge on any atom is -0.374 e. The molecule has 2 rings (SSSR count). The van der Waals surface area contributed by atoms with E-state index in [4.69, 9.17) is 0 Å². The Labute approximate surface area is 114 Å². The summed E-state index contributed by atoms with van der Waals surface area (Å²) < 4.78 is 13.2. The molecule has 0 radical (unpaired) electrons. The van der Waals surface area contributed by atoms with Gasteiger partial charge in [-0.25, -0.2) is 4.39 Å². The normalized spacial score (nSPS) is 22.3. The van der Waals surface area contributed by atoms with Crippen LogP contribution in [0, 0.1) is 17.2 Å². The fraction of sp³-hybridized carbons (Fsp3) is 0.562. The minimum atomic E-state index is -0.236. The molecule has 0 bridgehead atoms. The van der Waals surface area contributed by atoms with Crippen molar-refractivity contribution in [1.82, 2.24) is 0 Å². The monoisotopic (exact) mass is 263 g/mol. The second-order valence-electron chi connectivity index (χ2n) is 6.20. The number of hydrogen-bond donors (Lipinski definition) is 0. The maximum Gasteiger partial charge on any atom is 0.143 e. The molecule has 1 atom stereocenters. The minimum absolute atomic E-state index is 0.0667. The van der Waals surface area contributed by atoms with Gasteiger partial charge in [0.05, 0.1) is 0 Å². The summed E-state index contributed by atoms with van der Waals surface area (Å²) in [6.07, 6.45) is 3.02. The second-order valence-corrected chi connectivity index (χ2v) is 6.20. The van der Waals surface area contributed by atoms with Crippen molar-refractivity contribution in [2.24, 2.45) is 11.3 Å². The molecule has 1 aromatic carbocycles. The van der Waals surface area contributed by atoms with Crippen molar-refractivity contribution in [3.63, 3.8) is 0 Å². The molecule has 19 heavy (non-hydrogen) atoms. The first-order valence-corrected chi connectivity index (χ1v) is 6.91. The molecule has 0 spiro atoms. The van der Waals surface area contributed by atoms with Crippen LogP contribution >= 0.6 is 0 Å². The second kappa shape index (κ2) is 5.32. The Kier molecular flexibility index (Phi) is 3.93. The highest BCUT2D eigenvalue weighted by Crippen LogP contribution is 2.36. The zero-order chi connectivity index (χ0) is 14.0. The van der Waals surface area contributed by atoms with E-state index in [0.717, 1.165) is 24.9 Å². The zero-order valence-corrected chi connectivity index (χ0v) is 11.9. The van der Waals surface area contributed by atoms with Gasteiger partial charge in [-0.3, -0.25) is 4.79 Å². The molecule has 1 unspecified atom stereocenters.